The molecule has 0 radical (unpaired) electrons. The maximum atomic E-state index is 12.5. The molecule has 0 aliphatic rings. The molecule has 0 heterocycles. The zero-order valence-corrected chi connectivity index (χ0v) is 13.1. The van der Waals surface area contributed by atoms with E-state index in [2.05, 4.69) is 19.5 Å². The summed E-state index contributed by atoms with van der Waals surface area (Å²) in [7, 11) is 1.29. The van der Waals surface area contributed by atoms with Crippen LogP contribution in [0, 0.1) is 0 Å². The number of benzene rings is 1. The molecule has 0 bridgehead atoms. The van der Waals surface area contributed by atoms with E-state index < -0.39 is 47.9 Å². The van der Waals surface area contributed by atoms with Gasteiger partial charge in [-0.3, -0.25) is 0 Å². The van der Waals surface area contributed by atoms with Gasteiger partial charge in [-0.1, -0.05) is 6.92 Å². The van der Waals surface area contributed by atoms with Crippen molar-refractivity contribution in [3.63, 3.8) is 0 Å². The molecule has 1 N–H and O–H groups in total. The van der Waals surface area contributed by atoms with Gasteiger partial charge < -0.3 is 19.5 Å². The van der Waals surface area contributed by atoms with E-state index in [0.29, 0.717) is 6.07 Å². The minimum atomic E-state index is -5.48. The van der Waals surface area contributed by atoms with Gasteiger partial charge in [0.2, 0.25) is 0 Å². The normalized spacial score (nSPS) is 14.1. The Hall–Kier alpha value is -2.05. The maximum Gasteiger partial charge on any atom is 0.573 e. The summed E-state index contributed by atoms with van der Waals surface area (Å²) in [4.78, 5) is 0. The third kappa shape index (κ3) is 7.06. The average Bonchev–Trinajstić information content (AvgIpc) is 2.39. The van der Waals surface area contributed by atoms with Crippen LogP contribution in [0.25, 0.3) is 0 Å². The summed E-state index contributed by atoms with van der Waals surface area (Å²) in [6, 6.07) is -0.583. The Labute approximate surface area is 140 Å². The molecule has 0 amide bonds. The van der Waals surface area contributed by atoms with Crippen molar-refractivity contribution in [2.45, 2.75) is 38.5 Å². The van der Waals surface area contributed by atoms with Crippen molar-refractivity contribution in [1.82, 2.24) is 5.32 Å². The Bertz CT molecular complexity index is 607. The van der Waals surface area contributed by atoms with E-state index in [9.17, 15) is 39.5 Å². The van der Waals surface area contributed by atoms with Crippen LogP contribution in [0.3, 0.4) is 0 Å². The second-order valence-electron chi connectivity index (χ2n) is 4.73. The van der Waals surface area contributed by atoms with Crippen LogP contribution in [0.15, 0.2) is 12.1 Å². The van der Waals surface area contributed by atoms with Gasteiger partial charge in [0.15, 0.2) is 11.5 Å². The third-order valence-electron chi connectivity index (χ3n) is 2.89. The highest BCUT2D eigenvalue weighted by Gasteiger charge is 2.39. The number of ether oxygens (including phenoxy) is 3. The van der Waals surface area contributed by atoms with Crippen molar-refractivity contribution in [2.24, 2.45) is 0 Å². The lowest BCUT2D eigenvalue weighted by atomic mass is 10.0. The van der Waals surface area contributed by atoms with Gasteiger partial charge in [0, 0.05) is 17.7 Å². The highest BCUT2D eigenvalue weighted by Crippen LogP contribution is 2.43. The van der Waals surface area contributed by atoms with E-state index >= 15 is 0 Å². The Kier molecular flexibility index (Phi) is 6.49. The summed E-state index contributed by atoms with van der Waals surface area (Å²) >= 11 is 0. The third-order valence-corrected chi connectivity index (χ3v) is 2.89. The second kappa shape index (κ2) is 7.68. The van der Waals surface area contributed by atoms with Crippen LogP contribution in [0.4, 0.5) is 39.5 Å². The molecular formula is C13H12F9NO3. The topological polar surface area (TPSA) is 39.7 Å². The Balaban J connectivity index is 3.58. The zero-order valence-electron chi connectivity index (χ0n) is 13.1. The molecule has 0 aliphatic carbocycles. The predicted octanol–water partition coefficient (Wildman–Crippen LogP) is 5.05. The van der Waals surface area contributed by atoms with Crippen molar-refractivity contribution >= 4 is 0 Å². The lowest BCUT2D eigenvalue weighted by Crippen LogP contribution is -2.24. The summed E-state index contributed by atoms with van der Waals surface area (Å²) in [5.74, 6) is -4.26. The molecule has 0 saturated heterocycles. The summed E-state index contributed by atoms with van der Waals surface area (Å²) < 4.78 is 122. The van der Waals surface area contributed by atoms with E-state index in [-0.39, 0.29) is 12.5 Å². The van der Waals surface area contributed by atoms with Gasteiger partial charge in [-0.15, -0.1) is 39.5 Å². The largest absolute Gasteiger partial charge is 0.573 e. The first-order valence-electron chi connectivity index (χ1n) is 6.77. The average molecular weight is 401 g/mol. The summed E-state index contributed by atoms with van der Waals surface area (Å²) in [5, 5.41) is 2.50. The van der Waals surface area contributed by atoms with E-state index in [1.807, 2.05) is 0 Å². The highest BCUT2D eigenvalue weighted by atomic mass is 19.4. The summed E-state index contributed by atoms with van der Waals surface area (Å²) in [6.07, 6.45) is -16.1. The van der Waals surface area contributed by atoms with Crippen molar-refractivity contribution in [3.8, 4) is 17.2 Å². The molecule has 1 rings (SSSR count). The molecule has 0 fully saturated rings. The van der Waals surface area contributed by atoms with Crippen LogP contribution < -0.4 is 19.5 Å². The van der Waals surface area contributed by atoms with Crippen molar-refractivity contribution in [1.29, 1.82) is 0 Å². The zero-order chi connectivity index (χ0) is 20.3. The molecule has 0 aliphatic heterocycles. The van der Waals surface area contributed by atoms with Crippen molar-refractivity contribution in [2.75, 3.05) is 7.05 Å². The van der Waals surface area contributed by atoms with Crippen LogP contribution >= 0.6 is 0 Å². The van der Waals surface area contributed by atoms with Gasteiger partial charge >= 0.3 is 19.1 Å². The number of halogens is 9. The lowest BCUT2D eigenvalue weighted by Gasteiger charge is -2.23. The fourth-order valence-corrected chi connectivity index (χ4v) is 2.03. The van der Waals surface area contributed by atoms with Gasteiger partial charge in [-0.25, -0.2) is 0 Å². The molecule has 1 atom stereocenters. The monoisotopic (exact) mass is 401 g/mol. The minimum Gasteiger partial charge on any atom is -0.405 e. The molecule has 1 aromatic carbocycles. The summed E-state index contributed by atoms with van der Waals surface area (Å²) in [5.41, 5.74) is -0.499. The van der Waals surface area contributed by atoms with E-state index in [1.54, 1.807) is 0 Å². The molecule has 26 heavy (non-hydrogen) atoms. The minimum absolute atomic E-state index is 0.0391. The molecule has 4 nitrogen and oxygen atoms in total. The van der Waals surface area contributed by atoms with Crippen molar-refractivity contribution in [3.05, 3.63) is 17.7 Å². The van der Waals surface area contributed by atoms with E-state index in [1.165, 1.54) is 14.0 Å². The van der Waals surface area contributed by atoms with Gasteiger partial charge in [0.1, 0.15) is 5.75 Å². The first kappa shape index (κ1) is 22.0. The van der Waals surface area contributed by atoms with E-state index in [0.717, 1.165) is 0 Å². The quantitative estimate of drug-likeness (QED) is 0.677. The lowest BCUT2D eigenvalue weighted by molar-refractivity contribution is -0.288. The standard InChI is InChI=1S/C13H12F9NO3/c1-3-7(23-2)6-4-9(25-12(17,18)19)10(26-13(20,21)22)5-8(6)24-11(14,15)16/h4-5,7,23H,3H2,1-2H3. The van der Waals surface area contributed by atoms with Crippen molar-refractivity contribution < 1.29 is 53.7 Å². The number of rotatable bonds is 6. The van der Waals surface area contributed by atoms with Gasteiger partial charge in [-0.05, 0) is 19.5 Å². The Morgan fingerprint density at radius 3 is 1.50 bits per heavy atom. The molecule has 150 valence electrons. The molecule has 1 unspecified atom stereocenters. The number of nitrogens with one attached hydrogen (secondary N) is 1. The Morgan fingerprint density at radius 2 is 1.15 bits per heavy atom. The SMILES string of the molecule is CCC(NC)c1cc(OC(F)(F)F)c(OC(F)(F)F)cc1OC(F)(F)F. The maximum absolute atomic E-state index is 12.5. The molecular weight excluding hydrogens is 389 g/mol. The Morgan fingerprint density at radius 1 is 0.769 bits per heavy atom. The van der Waals surface area contributed by atoms with Crippen LogP contribution in [0.5, 0.6) is 17.2 Å². The smallest absolute Gasteiger partial charge is 0.405 e. The first-order valence-corrected chi connectivity index (χ1v) is 6.77. The van der Waals surface area contributed by atoms with Crippen LogP contribution in [-0.2, 0) is 0 Å². The van der Waals surface area contributed by atoms with Crippen LogP contribution in [-0.4, -0.2) is 26.1 Å². The van der Waals surface area contributed by atoms with Crippen LogP contribution in [0.2, 0.25) is 0 Å². The molecule has 1 aromatic rings. The predicted molar refractivity (Wildman–Crippen MR) is 68.6 cm³/mol. The fourth-order valence-electron chi connectivity index (χ4n) is 2.03. The fraction of sp³-hybridized carbons (Fsp3) is 0.538. The number of hydrogen-bond donors (Lipinski definition) is 1. The van der Waals surface area contributed by atoms with Gasteiger partial charge in [0.25, 0.3) is 0 Å². The van der Waals surface area contributed by atoms with E-state index in [4.69, 9.17) is 0 Å². The molecule has 0 saturated carbocycles. The molecule has 13 heteroatoms. The molecule has 0 aromatic heterocycles. The number of hydrogen-bond acceptors (Lipinski definition) is 4. The van der Waals surface area contributed by atoms with Gasteiger partial charge in [0.05, 0.1) is 0 Å². The second-order valence-corrected chi connectivity index (χ2v) is 4.73. The highest BCUT2D eigenvalue weighted by molar-refractivity contribution is 5.52. The summed E-state index contributed by atoms with van der Waals surface area (Å²) in [6.45, 7) is 1.48. The first-order chi connectivity index (χ1) is 11.6. The number of alkyl halides is 9. The molecule has 0 spiro atoms. The van der Waals surface area contributed by atoms with Gasteiger partial charge in [-0.2, -0.15) is 0 Å². The van der Waals surface area contributed by atoms with Crippen LogP contribution in [0.1, 0.15) is 24.9 Å².